The lowest BCUT2D eigenvalue weighted by Crippen LogP contribution is -2.34. The van der Waals surface area contributed by atoms with Crippen molar-refractivity contribution < 1.29 is 4.74 Å². The zero-order valence-electron chi connectivity index (χ0n) is 13.6. The zero-order chi connectivity index (χ0) is 16.1. The Hall–Kier alpha value is -2.36. The van der Waals surface area contributed by atoms with Gasteiger partial charge in [0.2, 0.25) is 0 Å². The highest BCUT2D eigenvalue weighted by molar-refractivity contribution is 5.57. The lowest BCUT2D eigenvalue weighted by atomic mass is 10.1. The monoisotopic (exact) mass is 297 g/mol. The maximum atomic E-state index is 7.11. The first-order chi connectivity index (χ1) is 10.5. The van der Waals surface area contributed by atoms with Crippen molar-refractivity contribution in [3.63, 3.8) is 0 Å². The molecule has 2 aromatic rings. The number of likely N-dealkylation sites (N-methyl/N-ethyl adjacent to an activating group) is 1. The molecule has 0 aromatic heterocycles. The van der Waals surface area contributed by atoms with E-state index in [2.05, 4.69) is 49.1 Å². The minimum atomic E-state index is 0.236. The second-order valence-electron chi connectivity index (χ2n) is 5.67. The van der Waals surface area contributed by atoms with Crippen LogP contribution < -0.4 is 9.64 Å². The molecule has 0 aliphatic rings. The van der Waals surface area contributed by atoms with Gasteiger partial charge in [0.25, 0.3) is 0 Å². The molecule has 0 fully saturated rings. The first kappa shape index (κ1) is 16.0. The molecule has 4 heteroatoms. The van der Waals surface area contributed by atoms with Gasteiger partial charge in [-0.05, 0) is 56.7 Å². The second kappa shape index (κ2) is 7.07. The van der Waals surface area contributed by atoms with Crippen LogP contribution in [0.3, 0.4) is 0 Å². The minimum Gasteiger partial charge on any atom is -0.491 e. The first-order valence-electron chi connectivity index (χ1n) is 7.41. The Labute approximate surface area is 132 Å². The molecule has 1 N–H and O–H groups in total. The summed E-state index contributed by atoms with van der Waals surface area (Å²) in [5.41, 5.74) is 11.2. The number of aryl methyl sites for hydroxylation is 2. The molecule has 4 nitrogen and oxygen atoms in total. The number of nitrogens with one attached hydrogen (secondary N) is 1. The summed E-state index contributed by atoms with van der Waals surface area (Å²) in [6.07, 6.45) is 0. The van der Waals surface area contributed by atoms with E-state index in [1.807, 2.05) is 31.2 Å². The summed E-state index contributed by atoms with van der Waals surface area (Å²) in [6, 6.07) is 14.2. The molecule has 2 aromatic carbocycles. The summed E-state index contributed by atoms with van der Waals surface area (Å²) in [4.78, 5) is 2.18. The maximum absolute atomic E-state index is 7.11. The SMILES string of the molecule is Cc1ccc(OCC(C)N(C)c2ccc(N=N)c(C)c2)cc1. The predicted molar refractivity (Wildman–Crippen MR) is 90.5 cm³/mol. The van der Waals surface area contributed by atoms with Crippen LogP contribution in [0, 0.1) is 19.4 Å². The lowest BCUT2D eigenvalue weighted by molar-refractivity contribution is 0.292. The third-order valence-corrected chi connectivity index (χ3v) is 3.88. The van der Waals surface area contributed by atoms with Crippen LogP contribution in [0.5, 0.6) is 5.75 Å². The normalized spacial score (nSPS) is 11.8. The molecule has 116 valence electrons. The number of hydrogen-bond donors (Lipinski definition) is 1. The van der Waals surface area contributed by atoms with Crippen LogP contribution in [-0.4, -0.2) is 19.7 Å². The van der Waals surface area contributed by atoms with Gasteiger partial charge in [0.15, 0.2) is 0 Å². The van der Waals surface area contributed by atoms with Crippen molar-refractivity contribution in [2.45, 2.75) is 26.8 Å². The van der Waals surface area contributed by atoms with E-state index in [9.17, 15) is 0 Å². The Balaban J connectivity index is 1.99. The summed E-state index contributed by atoms with van der Waals surface area (Å²) < 4.78 is 5.85. The first-order valence-corrected chi connectivity index (χ1v) is 7.41. The number of ether oxygens (including phenoxy) is 1. The molecule has 1 atom stereocenters. The summed E-state index contributed by atoms with van der Waals surface area (Å²) in [7, 11) is 2.05. The topological polar surface area (TPSA) is 48.7 Å². The molecule has 1 unspecified atom stereocenters. The Bertz CT molecular complexity index is 637. The van der Waals surface area contributed by atoms with Gasteiger partial charge in [0.05, 0.1) is 11.7 Å². The van der Waals surface area contributed by atoms with E-state index in [0.29, 0.717) is 12.3 Å². The van der Waals surface area contributed by atoms with Crippen LogP contribution >= 0.6 is 0 Å². The number of hydrogen-bond acceptors (Lipinski definition) is 4. The van der Waals surface area contributed by atoms with Gasteiger partial charge in [-0.25, -0.2) is 5.53 Å². The Morgan fingerprint density at radius 3 is 2.41 bits per heavy atom. The Kier molecular flexibility index (Phi) is 5.15. The molecule has 0 heterocycles. The Morgan fingerprint density at radius 1 is 1.14 bits per heavy atom. The number of rotatable bonds is 6. The van der Waals surface area contributed by atoms with Crippen LogP contribution in [0.2, 0.25) is 0 Å². The summed E-state index contributed by atoms with van der Waals surface area (Å²) in [5, 5.41) is 3.51. The summed E-state index contributed by atoms with van der Waals surface area (Å²) in [6.45, 7) is 6.78. The lowest BCUT2D eigenvalue weighted by Gasteiger charge is -2.27. The van der Waals surface area contributed by atoms with Gasteiger partial charge < -0.3 is 9.64 Å². The standard InChI is InChI=1S/C18H23N3O/c1-13-5-8-17(9-6-13)22-12-15(3)21(4)16-7-10-18(20-19)14(2)11-16/h5-11,15,19H,12H2,1-4H3. The third kappa shape index (κ3) is 3.85. The molecular formula is C18H23N3O. The molecule has 0 aliphatic carbocycles. The average Bonchev–Trinajstić information content (AvgIpc) is 2.53. The number of benzene rings is 2. The van der Waals surface area contributed by atoms with E-state index >= 15 is 0 Å². The van der Waals surface area contributed by atoms with Crippen LogP contribution in [0.4, 0.5) is 11.4 Å². The molecule has 0 saturated carbocycles. The van der Waals surface area contributed by atoms with Crippen molar-refractivity contribution in [2.75, 3.05) is 18.6 Å². The smallest absolute Gasteiger partial charge is 0.119 e. The number of anilines is 1. The van der Waals surface area contributed by atoms with Crippen LogP contribution in [0.1, 0.15) is 18.1 Å². The zero-order valence-corrected chi connectivity index (χ0v) is 13.6. The van der Waals surface area contributed by atoms with E-state index in [0.717, 1.165) is 17.0 Å². The molecule has 2 rings (SSSR count). The van der Waals surface area contributed by atoms with E-state index in [4.69, 9.17) is 10.3 Å². The van der Waals surface area contributed by atoms with Crippen molar-refractivity contribution in [1.29, 1.82) is 5.53 Å². The molecular weight excluding hydrogens is 274 g/mol. The number of nitrogens with zero attached hydrogens (tertiary/aromatic N) is 2. The van der Waals surface area contributed by atoms with Gasteiger partial charge in [0.1, 0.15) is 12.4 Å². The van der Waals surface area contributed by atoms with Crippen LogP contribution in [0.25, 0.3) is 0 Å². The molecule has 0 spiro atoms. The van der Waals surface area contributed by atoms with Gasteiger partial charge in [0, 0.05) is 12.7 Å². The van der Waals surface area contributed by atoms with Crippen molar-refractivity contribution in [2.24, 2.45) is 5.11 Å². The highest BCUT2D eigenvalue weighted by Crippen LogP contribution is 2.25. The van der Waals surface area contributed by atoms with Crippen molar-refractivity contribution in [3.8, 4) is 5.75 Å². The second-order valence-corrected chi connectivity index (χ2v) is 5.67. The fourth-order valence-corrected chi connectivity index (χ4v) is 2.20. The average molecular weight is 297 g/mol. The fourth-order valence-electron chi connectivity index (χ4n) is 2.20. The predicted octanol–water partition coefficient (Wildman–Crippen LogP) is 4.87. The maximum Gasteiger partial charge on any atom is 0.119 e. The minimum absolute atomic E-state index is 0.236. The highest BCUT2D eigenvalue weighted by atomic mass is 16.5. The molecule has 0 bridgehead atoms. The quantitative estimate of drug-likeness (QED) is 0.773. The molecule has 0 amide bonds. The van der Waals surface area contributed by atoms with Gasteiger partial charge in [-0.15, -0.1) is 0 Å². The van der Waals surface area contributed by atoms with Crippen molar-refractivity contribution in [1.82, 2.24) is 0 Å². The third-order valence-electron chi connectivity index (χ3n) is 3.88. The van der Waals surface area contributed by atoms with Gasteiger partial charge in [-0.1, -0.05) is 17.7 Å². The van der Waals surface area contributed by atoms with Crippen molar-refractivity contribution in [3.05, 3.63) is 53.6 Å². The van der Waals surface area contributed by atoms with E-state index in [1.165, 1.54) is 5.56 Å². The van der Waals surface area contributed by atoms with Crippen LogP contribution in [0.15, 0.2) is 47.6 Å². The molecule has 0 radical (unpaired) electrons. The molecule has 22 heavy (non-hydrogen) atoms. The van der Waals surface area contributed by atoms with Gasteiger partial charge in [-0.3, -0.25) is 0 Å². The van der Waals surface area contributed by atoms with E-state index in [-0.39, 0.29) is 6.04 Å². The summed E-state index contributed by atoms with van der Waals surface area (Å²) in [5.74, 6) is 0.894. The highest BCUT2D eigenvalue weighted by Gasteiger charge is 2.12. The molecule has 0 aliphatic heterocycles. The Morgan fingerprint density at radius 2 is 1.82 bits per heavy atom. The molecule has 0 saturated heterocycles. The van der Waals surface area contributed by atoms with Crippen LogP contribution in [-0.2, 0) is 0 Å². The van der Waals surface area contributed by atoms with E-state index in [1.54, 1.807) is 0 Å². The largest absolute Gasteiger partial charge is 0.491 e. The van der Waals surface area contributed by atoms with Gasteiger partial charge >= 0.3 is 0 Å². The fraction of sp³-hybridized carbons (Fsp3) is 0.333. The van der Waals surface area contributed by atoms with E-state index < -0.39 is 0 Å². The summed E-state index contributed by atoms with van der Waals surface area (Å²) >= 11 is 0. The van der Waals surface area contributed by atoms with Crippen molar-refractivity contribution >= 4 is 11.4 Å². The van der Waals surface area contributed by atoms with Gasteiger partial charge in [-0.2, -0.15) is 5.11 Å².